The lowest BCUT2D eigenvalue weighted by Gasteiger charge is -2.20. The van der Waals surface area contributed by atoms with Crippen LogP contribution < -0.4 is 5.32 Å². The fourth-order valence-electron chi connectivity index (χ4n) is 2.19. The summed E-state index contributed by atoms with van der Waals surface area (Å²) >= 11 is 5.89. The third-order valence-electron chi connectivity index (χ3n) is 3.29. The predicted molar refractivity (Wildman–Crippen MR) is 84.4 cm³/mol. The molecule has 112 valence electrons. The third-order valence-corrected chi connectivity index (χ3v) is 3.52. The van der Waals surface area contributed by atoms with E-state index in [0.29, 0.717) is 17.2 Å². The summed E-state index contributed by atoms with van der Waals surface area (Å²) in [5.41, 5.74) is 1.66. The van der Waals surface area contributed by atoms with Crippen LogP contribution in [-0.4, -0.2) is 20.3 Å². The molecule has 0 aliphatic carbocycles. The Balaban J connectivity index is 1.98. The van der Waals surface area contributed by atoms with Gasteiger partial charge in [0.05, 0.1) is 12.6 Å². The van der Waals surface area contributed by atoms with Crippen LogP contribution in [-0.2, 0) is 4.74 Å². The molecule has 0 fully saturated rings. The van der Waals surface area contributed by atoms with Gasteiger partial charge in [0.25, 0.3) is 0 Å². The third kappa shape index (κ3) is 4.81. The molecular formula is C17H19ClFNO. The van der Waals surface area contributed by atoms with Gasteiger partial charge in [-0.1, -0.05) is 54.1 Å². The topological polar surface area (TPSA) is 21.3 Å². The summed E-state index contributed by atoms with van der Waals surface area (Å²) in [6.45, 7) is 0.704. The molecule has 2 atom stereocenters. The normalized spacial score (nSPS) is 13.9. The van der Waals surface area contributed by atoms with Crippen LogP contribution in [0.4, 0.5) is 4.39 Å². The van der Waals surface area contributed by atoms with Crippen LogP contribution in [0.15, 0.2) is 54.6 Å². The highest BCUT2D eigenvalue weighted by atomic mass is 35.5. The highest BCUT2D eigenvalue weighted by Crippen LogP contribution is 2.21. The molecule has 0 aliphatic rings. The van der Waals surface area contributed by atoms with Crippen LogP contribution in [0.5, 0.6) is 0 Å². The summed E-state index contributed by atoms with van der Waals surface area (Å²) < 4.78 is 19.5. The number of hydrogen-bond donors (Lipinski definition) is 1. The summed E-state index contributed by atoms with van der Waals surface area (Å²) in [6.07, 6.45) is -1.10. The maximum Gasteiger partial charge on any atom is 0.138 e. The summed E-state index contributed by atoms with van der Waals surface area (Å²) in [6, 6.07) is 16.7. The largest absolute Gasteiger partial charge is 0.383 e. The van der Waals surface area contributed by atoms with Crippen LogP contribution in [0.2, 0.25) is 5.02 Å². The lowest BCUT2D eigenvalue weighted by atomic mass is 10.1. The second kappa shape index (κ2) is 8.13. The average Bonchev–Trinajstić information content (AvgIpc) is 2.52. The van der Waals surface area contributed by atoms with Crippen LogP contribution >= 0.6 is 11.6 Å². The minimum absolute atomic E-state index is 0.0337. The van der Waals surface area contributed by atoms with Gasteiger partial charge >= 0.3 is 0 Å². The minimum Gasteiger partial charge on any atom is -0.383 e. The Morgan fingerprint density at radius 3 is 2.48 bits per heavy atom. The second-order valence-corrected chi connectivity index (χ2v) is 5.29. The molecule has 0 aliphatic heterocycles. The van der Waals surface area contributed by atoms with E-state index in [9.17, 15) is 4.39 Å². The second-order valence-electron chi connectivity index (χ2n) is 4.85. The Morgan fingerprint density at radius 1 is 1.10 bits per heavy atom. The Hall–Kier alpha value is -1.42. The lowest BCUT2D eigenvalue weighted by Crippen LogP contribution is -2.28. The Bertz CT molecular complexity index is 549. The van der Waals surface area contributed by atoms with Crippen LogP contribution in [0.25, 0.3) is 0 Å². The zero-order chi connectivity index (χ0) is 15.1. The number of hydrogen-bond acceptors (Lipinski definition) is 2. The van der Waals surface area contributed by atoms with Crippen molar-refractivity contribution in [2.45, 2.75) is 12.2 Å². The highest BCUT2D eigenvalue weighted by molar-refractivity contribution is 6.30. The monoisotopic (exact) mass is 307 g/mol. The molecule has 2 rings (SSSR count). The summed E-state index contributed by atoms with van der Waals surface area (Å²) in [7, 11) is 1.64. The van der Waals surface area contributed by atoms with Crippen molar-refractivity contribution in [3.05, 3.63) is 70.7 Å². The SMILES string of the molecule is COC[C@H](NC[C@H](F)c1cccc(Cl)c1)c1ccccc1. The van der Waals surface area contributed by atoms with Gasteiger partial charge in [-0.2, -0.15) is 0 Å². The molecule has 21 heavy (non-hydrogen) atoms. The first-order chi connectivity index (χ1) is 10.2. The lowest BCUT2D eigenvalue weighted by molar-refractivity contribution is 0.161. The van der Waals surface area contributed by atoms with Gasteiger partial charge in [0, 0.05) is 18.7 Å². The molecule has 0 spiro atoms. The molecule has 2 aromatic carbocycles. The number of alkyl halides is 1. The Morgan fingerprint density at radius 2 is 1.81 bits per heavy atom. The van der Waals surface area contributed by atoms with Crippen molar-refractivity contribution >= 4 is 11.6 Å². The van der Waals surface area contributed by atoms with Gasteiger partial charge in [-0.15, -0.1) is 0 Å². The van der Waals surface area contributed by atoms with Gasteiger partial charge in [0.2, 0.25) is 0 Å². The van der Waals surface area contributed by atoms with Gasteiger partial charge in [-0.05, 0) is 23.3 Å². The number of ether oxygens (including phenoxy) is 1. The van der Waals surface area contributed by atoms with Crippen LogP contribution in [0.1, 0.15) is 23.3 Å². The molecule has 4 heteroatoms. The van der Waals surface area contributed by atoms with E-state index < -0.39 is 6.17 Å². The fourth-order valence-corrected chi connectivity index (χ4v) is 2.39. The van der Waals surface area contributed by atoms with E-state index in [1.165, 1.54) is 0 Å². The summed E-state index contributed by atoms with van der Waals surface area (Å²) in [4.78, 5) is 0. The number of benzene rings is 2. The maximum absolute atomic E-state index is 14.3. The number of rotatable bonds is 7. The van der Waals surface area contributed by atoms with Crippen molar-refractivity contribution in [1.82, 2.24) is 5.32 Å². The van der Waals surface area contributed by atoms with Crippen LogP contribution in [0, 0.1) is 0 Å². The van der Waals surface area contributed by atoms with Crippen molar-refractivity contribution in [2.75, 3.05) is 20.3 Å². The number of methoxy groups -OCH3 is 1. The first-order valence-corrected chi connectivity index (χ1v) is 7.25. The molecule has 0 amide bonds. The van der Waals surface area contributed by atoms with E-state index in [1.807, 2.05) is 30.3 Å². The van der Waals surface area contributed by atoms with E-state index >= 15 is 0 Å². The predicted octanol–water partition coefficient (Wildman–Crippen LogP) is 4.33. The summed E-state index contributed by atoms with van der Waals surface area (Å²) in [5.74, 6) is 0. The fraction of sp³-hybridized carbons (Fsp3) is 0.294. The first kappa shape index (κ1) is 16.0. The molecule has 0 aromatic heterocycles. The molecule has 0 bridgehead atoms. The van der Waals surface area contributed by atoms with Crippen molar-refractivity contribution in [2.24, 2.45) is 0 Å². The molecule has 2 aromatic rings. The molecule has 0 saturated carbocycles. The van der Waals surface area contributed by atoms with Gasteiger partial charge in [-0.3, -0.25) is 0 Å². The molecule has 1 N–H and O–H groups in total. The smallest absolute Gasteiger partial charge is 0.138 e. The van der Waals surface area contributed by atoms with Gasteiger partial charge in [0.15, 0.2) is 0 Å². The Labute approximate surface area is 129 Å². The maximum atomic E-state index is 14.3. The van der Waals surface area contributed by atoms with E-state index in [1.54, 1.807) is 31.4 Å². The molecule has 0 radical (unpaired) electrons. The number of halogens is 2. The number of nitrogens with one attached hydrogen (secondary N) is 1. The molecule has 2 nitrogen and oxygen atoms in total. The molecule has 0 unspecified atom stereocenters. The van der Waals surface area contributed by atoms with Gasteiger partial charge in [0.1, 0.15) is 6.17 Å². The highest BCUT2D eigenvalue weighted by Gasteiger charge is 2.15. The van der Waals surface area contributed by atoms with E-state index in [2.05, 4.69) is 5.32 Å². The average molecular weight is 308 g/mol. The van der Waals surface area contributed by atoms with Crippen molar-refractivity contribution in [3.63, 3.8) is 0 Å². The van der Waals surface area contributed by atoms with E-state index in [4.69, 9.17) is 16.3 Å². The van der Waals surface area contributed by atoms with E-state index in [0.717, 1.165) is 5.56 Å². The van der Waals surface area contributed by atoms with Gasteiger partial charge < -0.3 is 10.1 Å². The van der Waals surface area contributed by atoms with Crippen molar-refractivity contribution < 1.29 is 9.13 Å². The van der Waals surface area contributed by atoms with E-state index in [-0.39, 0.29) is 12.6 Å². The molecular weight excluding hydrogens is 289 g/mol. The zero-order valence-electron chi connectivity index (χ0n) is 11.9. The summed E-state index contributed by atoms with van der Waals surface area (Å²) in [5, 5.41) is 3.76. The minimum atomic E-state index is -1.10. The molecule has 0 heterocycles. The standard InChI is InChI=1S/C17H19ClFNO/c1-21-12-17(13-6-3-2-4-7-13)20-11-16(19)14-8-5-9-15(18)10-14/h2-10,16-17,20H,11-12H2,1H3/t16-,17-/m0/s1. The molecule has 0 saturated heterocycles. The Kier molecular flexibility index (Phi) is 6.18. The quantitative estimate of drug-likeness (QED) is 0.822. The van der Waals surface area contributed by atoms with Crippen molar-refractivity contribution in [3.8, 4) is 0 Å². The first-order valence-electron chi connectivity index (χ1n) is 6.87. The van der Waals surface area contributed by atoms with Crippen molar-refractivity contribution in [1.29, 1.82) is 0 Å². The zero-order valence-corrected chi connectivity index (χ0v) is 12.7. The van der Waals surface area contributed by atoms with Gasteiger partial charge in [-0.25, -0.2) is 4.39 Å². The van der Waals surface area contributed by atoms with Crippen LogP contribution in [0.3, 0.4) is 0 Å².